The molecule has 0 bridgehead atoms. The van der Waals surface area contributed by atoms with Crippen molar-refractivity contribution in [2.45, 2.75) is 6.92 Å². The van der Waals surface area contributed by atoms with Gasteiger partial charge in [-0.05, 0) is 37.3 Å². The number of benzene rings is 2. The van der Waals surface area contributed by atoms with E-state index in [1.54, 1.807) is 30.3 Å². The molecule has 0 spiro atoms. The fraction of sp³-hybridized carbons (Fsp3) is 0.211. The Morgan fingerprint density at radius 3 is 2.62 bits per heavy atom. The zero-order valence-electron chi connectivity index (χ0n) is 14.4. The third kappa shape index (κ3) is 4.74. The van der Waals surface area contributed by atoms with E-state index < -0.39 is 18.5 Å². The highest BCUT2D eigenvalue weighted by atomic mass is 16.5. The molecule has 134 valence electrons. The van der Waals surface area contributed by atoms with Gasteiger partial charge < -0.3 is 19.5 Å². The van der Waals surface area contributed by atoms with Crippen LogP contribution >= 0.6 is 0 Å². The number of anilines is 1. The highest BCUT2D eigenvalue weighted by Gasteiger charge is 2.14. The number of esters is 1. The van der Waals surface area contributed by atoms with E-state index in [1.165, 1.54) is 19.2 Å². The number of amides is 1. The van der Waals surface area contributed by atoms with Crippen molar-refractivity contribution in [3.8, 4) is 17.6 Å². The molecule has 7 nitrogen and oxygen atoms in total. The first-order valence-corrected chi connectivity index (χ1v) is 7.86. The molecule has 0 radical (unpaired) electrons. The Kier molecular flexibility index (Phi) is 6.57. The van der Waals surface area contributed by atoms with Crippen LogP contribution in [0.25, 0.3) is 0 Å². The van der Waals surface area contributed by atoms with Crippen molar-refractivity contribution in [1.29, 1.82) is 5.26 Å². The van der Waals surface area contributed by atoms with Gasteiger partial charge in [0.25, 0.3) is 5.91 Å². The molecule has 0 atom stereocenters. The number of nitriles is 1. The number of nitrogens with one attached hydrogen (secondary N) is 1. The number of hydrogen-bond donors (Lipinski definition) is 1. The highest BCUT2D eigenvalue weighted by molar-refractivity contribution is 5.96. The maximum atomic E-state index is 12.1. The molecular weight excluding hydrogens is 336 g/mol. The van der Waals surface area contributed by atoms with Crippen LogP contribution in [-0.2, 0) is 9.53 Å². The molecule has 0 unspecified atom stereocenters. The smallest absolute Gasteiger partial charge is 0.338 e. The van der Waals surface area contributed by atoms with E-state index in [0.717, 1.165) is 0 Å². The molecule has 0 aliphatic rings. The predicted molar refractivity (Wildman–Crippen MR) is 94.2 cm³/mol. The van der Waals surface area contributed by atoms with Gasteiger partial charge in [-0.25, -0.2) is 4.79 Å². The lowest BCUT2D eigenvalue weighted by Crippen LogP contribution is -2.21. The molecule has 0 heterocycles. The number of para-hydroxylation sites is 1. The summed E-state index contributed by atoms with van der Waals surface area (Å²) in [6, 6.07) is 13.1. The van der Waals surface area contributed by atoms with E-state index >= 15 is 0 Å². The number of hydrogen-bond acceptors (Lipinski definition) is 6. The number of methoxy groups -OCH3 is 1. The molecule has 2 aromatic rings. The summed E-state index contributed by atoms with van der Waals surface area (Å²) in [5.74, 6) is -0.305. The summed E-state index contributed by atoms with van der Waals surface area (Å²) >= 11 is 0. The molecule has 0 fully saturated rings. The summed E-state index contributed by atoms with van der Waals surface area (Å²) in [4.78, 5) is 24.0. The Balaban J connectivity index is 1.98. The van der Waals surface area contributed by atoms with Crippen LogP contribution in [0, 0.1) is 11.3 Å². The average Bonchev–Trinajstić information content (AvgIpc) is 2.67. The van der Waals surface area contributed by atoms with Gasteiger partial charge in [0, 0.05) is 0 Å². The summed E-state index contributed by atoms with van der Waals surface area (Å²) in [7, 11) is 1.47. The Morgan fingerprint density at radius 2 is 1.92 bits per heavy atom. The fourth-order valence-corrected chi connectivity index (χ4v) is 2.16. The Bertz CT molecular complexity index is 842. The molecule has 2 aromatic carbocycles. The molecule has 0 saturated heterocycles. The monoisotopic (exact) mass is 354 g/mol. The van der Waals surface area contributed by atoms with E-state index in [9.17, 15) is 9.59 Å². The van der Waals surface area contributed by atoms with E-state index in [-0.39, 0.29) is 5.56 Å². The van der Waals surface area contributed by atoms with Gasteiger partial charge in [-0.2, -0.15) is 5.26 Å². The summed E-state index contributed by atoms with van der Waals surface area (Å²) in [6.45, 7) is 1.82. The number of ether oxygens (including phenoxy) is 3. The molecule has 0 aliphatic heterocycles. The van der Waals surface area contributed by atoms with Gasteiger partial charge in [-0.3, -0.25) is 4.79 Å². The third-order valence-electron chi connectivity index (χ3n) is 3.36. The number of nitrogens with zero attached hydrogens (tertiary/aromatic N) is 1. The molecule has 7 heteroatoms. The van der Waals surface area contributed by atoms with Crippen LogP contribution < -0.4 is 14.8 Å². The lowest BCUT2D eigenvalue weighted by atomic mass is 10.2. The number of carbonyl (C=O) groups is 2. The molecular formula is C19H18N2O5. The second kappa shape index (κ2) is 9.08. The van der Waals surface area contributed by atoms with Crippen molar-refractivity contribution >= 4 is 17.6 Å². The topological polar surface area (TPSA) is 97.6 Å². The molecule has 0 aromatic heterocycles. The number of rotatable bonds is 7. The van der Waals surface area contributed by atoms with Crippen LogP contribution in [0.5, 0.6) is 11.5 Å². The van der Waals surface area contributed by atoms with Crippen LogP contribution in [-0.4, -0.2) is 32.2 Å². The van der Waals surface area contributed by atoms with Gasteiger partial charge in [0.15, 0.2) is 18.1 Å². The first-order valence-electron chi connectivity index (χ1n) is 7.86. The molecule has 26 heavy (non-hydrogen) atoms. The van der Waals surface area contributed by atoms with Crippen LogP contribution in [0.3, 0.4) is 0 Å². The zero-order chi connectivity index (χ0) is 18.9. The van der Waals surface area contributed by atoms with Crippen molar-refractivity contribution in [1.82, 2.24) is 0 Å². The predicted octanol–water partition coefficient (Wildman–Crippen LogP) is 2.76. The summed E-state index contributed by atoms with van der Waals surface area (Å²) in [5.41, 5.74) is 0.915. The van der Waals surface area contributed by atoms with Crippen molar-refractivity contribution in [2.24, 2.45) is 0 Å². The maximum absolute atomic E-state index is 12.1. The second-order valence-electron chi connectivity index (χ2n) is 5.08. The lowest BCUT2D eigenvalue weighted by Gasteiger charge is -2.11. The van der Waals surface area contributed by atoms with Gasteiger partial charge in [-0.1, -0.05) is 12.1 Å². The normalized spacial score (nSPS) is 9.73. The summed E-state index contributed by atoms with van der Waals surface area (Å²) in [5, 5.41) is 11.5. The van der Waals surface area contributed by atoms with Gasteiger partial charge in [0.1, 0.15) is 6.07 Å². The van der Waals surface area contributed by atoms with Crippen LogP contribution in [0.1, 0.15) is 22.8 Å². The molecule has 1 amide bonds. The summed E-state index contributed by atoms with van der Waals surface area (Å²) in [6.07, 6.45) is 0. The maximum Gasteiger partial charge on any atom is 0.338 e. The Hall–Kier alpha value is -3.53. The fourth-order valence-electron chi connectivity index (χ4n) is 2.16. The second-order valence-corrected chi connectivity index (χ2v) is 5.08. The van der Waals surface area contributed by atoms with E-state index in [2.05, 4.69) is 5.32 Å². The van der Waals surface area contributed by atoms with Gasteiger partial charge in [0.2, 0.25) is 0 Å². The summed E-state index contributed by atoms with van der Waals surface area (Å²) < 4.78 is 15.6. The van der Waals surface area contributed by atoms with Crippen LogP contribution in [0.4, 0.5) is 5.69 Å². The first-order chi connectivity index (χ1) is 12.6. The zero-order valence-corrected chi connectivity index (χ0v) is 14.4. The standard InChI is InChI=1S/C19H18N2O5/c1-3-25-16-9-8-13(10-17(16)24-2)19(23)26-12-18(22)21-15-7-5-4-6-14(15)11-20/h4-10H,3,12H2,1-2H3,(H,21,22). The number of carbonyl (C=O) groups excluding carboxylic acids is 2. The quantitative estimate of drug-likeness (QED) is 0.768. The minimum atomic E-state index is -0.671. The van der Waals surface area contributed by atoms with E-state index in [0.29, 0.717) is 29.4 Å². The van der Waals surface area contributed by atoms with E-state index in [1.807, 2.05) is 13.0 Å². The highest BCUT2D eigenvalue weighted by Crippen LogP contribution is 2.28. The van der Waals surface area contributed by atoms with Crippen molar-refractivity contribution < 1.29 is 23.8 Å². The van der Waals surface area contributed by atoms with Crippen LogP contribution in [0.2, 0.25) is 0 Å². The first kappa shape index (κ1) is 18.8. The largest absolute Gasteiger partial charge is 0.493 e. The average molecular weight is 354 g/mol. The van der Waals surface area contributed by atoms with Crippen molar-refractivity contribution in [2.75, 3.05) is 25.6 Å². The lowest BCUT2D eigenvalue weighted by molar-refractivity contribution is -0.119. The van der Waals surface area contributed by atoms with Gasteiger partial charge in [-0.15, -0.1) is 0 Å². The molecule has 0 aliphatic carbocycles. The van der Waals surface area contributed by atoms with Gasteiger partial charge >= 0.3 is 5.97 Å². The van der Waals surface area contributed by atoms with Gasteiger partial charge in [0.05, 0.1) is 30.5 Å². The molecule has 2 rings (SSSR count). The SMILES string of the molecule is CCOc1ccc(C(=O)OCC(=O)Nc2ccccc2C#N)cc1OC. The minimum absolute atomic E-state index is 0.232. The third-order valence-corrected chi connectivity index (χ3v) is 3.36. The van der Waals surface area contributed by atoms with E-state index in [4.69, 9.17) is 19.5 Å². The molecule has 0 saturated carbocycles. The molecule has 1 N–H and O–H groups in total. The van der Waals surface area contributed by atoms with Crippen LogP contribution in [0.15, 0.2) is 42.5 Å². The Morgan fingerprint density at radius 1 is 1.15 bits per heavy atom. The minimum Gasteiger partial charge on any atom is -0.493 e. The van der Waals surface area contributed by atoms with Crippen molar-refractivity contribution in [3.05, 3.63) is 53.6 Å². The van der Waals surface area contributed by atoms with Crippen molar-refractivity contribution in [3.63, 3.8) is 0 Å². The Labute approximate surface area is 151 Å².